The van der Waals surface area contributed by atoms with Crippen molar-refractivity contribution in [1.29, 1.82) is 0 Å². The van der Waals surface area contributed by atoms with Crippen molar-refractivity contribution in [2.45, 2.75) is 39.0 Å². The van der Waals surface area contributed by atoms with Crippen LogP contribution in [0.25, 0.3) is 0 Å². The zero-order valence-corrected chi connectivity index (χ0v) is 15.9. The van der Waals surface area contributed by atoms with Crippen LogP contribution in [-0.2, 0) is 0 Å². The fourth-order valence-electron chi connectivity index (χ4n) is 3.00. The maximum absolute atomic E-state index is 13.3. The van der Waals surface area contributed by atoms with E-state index in [2.05, 4.69) is 26.7 Å². The number of nitrogens with one attached hydrogen (secondary N) is 2. The van der Waals surface area contributed by atoms with Crippen LogP contribution in [0.5, 0.6) is 0 Å². The summed E-state index contributed by atoms with van der Waals surface area (Å²) in [7, 11) is 0. The van der Waals surface area contributed by atoms with Crippen LogP contribution in [0.2, 0.25) is 5.02 Å². The highest BCUT2D eigenvalue weighted by molar-refractivity contribution is 6.31. The Morgan fingerprint density at radius 1 is 1.26 bits per heavy atom. The lowest BCUT2D eigenvalue weighted by atomic mass is 9.97. The van der Waals surface area contributed by atoms with Crippen LogP contribution in [0, 0.1) is 12.7 Å². The fourth-order valence-corrected chi connectivity index (χ4v) is 3.18. The van der Waals surface area contributed by atoms with Crippen LogP contribution >= 0.6 is 11.6 Å². The lowest BCUT2D eigenvalue weighted by molar-refractivity contribution is 0.0949. The molecule has 2 N–H and O–H groups in total. The van der Waals surface area contributed by atoms with Crippen LogP contribution in [0.3, 0.4) is 0 Å². The first-order valence-corrected chi connectivity index (χ1v) is 9.43. The van der Waals surface area contributed by atoms with E-state index < -0.39 is 5.82 Å². The van der Waals surface area contributed by atoms with E-state index in [1.165, 1.54) is 36.6 Å². The number of allylic oxidation sites excluding steroid dienone is 1. The van der Waals surface area contributed by atoms with Gasteiger partial charge in [0.15, 0.2) is 0 Å². The van der Waals surface area contributed by atoms with Gasteiger partial charge < -0.3 is 10.6 Å². The predicted octanol–water partition coefficient (Wildman–Crippen LogP) is 4.94. The largest absolute Gasteiger partial charge is 0.350 e. The molecule has 2 aromatic rings. The average Bonchev–Trinajstić information content (AvgIpc) is 2.65. The van der Waals surface area contributed by atoms with Gasteiger partial charge in [-0.1, -0.05) is 23.3 Å². The summed E-state index contributed by atoms with van der Waals surface area (Å²) in [6.45, 7) is 2.37. The van der Waals surface area contributed by atoms with Gasteiger partial charge in [0.25, 0.3) is 5.91 Å². The van der Waals surface area contributed by atoms with Gasteiger partial charge in [-0.2, -0.15) is 0 Å². The molecule has 0 spiro atoms. The van der Waals surface area contributed by atoms with E-state index >= 15 is 0 Å². The molecular weight excluding hydrogens is 367 g/mol. The van der Waals surface area contributed by atoms with Crippen LogP contribution in [-0.4, -0.2) is 22.4 Å². The third kappa shape index (κ3) is 5.50. The molecule has 3 rings (SSSR count). The van der Waals surface area contributed by atoms with E-state index in [0.717, 1.165) is 19.3 Å². The number of halogens is 2. The summed E-state index contributed by atoms with van der Waals surface area (Å²) in [4.78, 5) is 21.0. The molecule has 5 nitrogen and oxygen atoms in total. The van der Waals surface area contributed by atoms with Crippen molar-refractivity contribution in [3.8, 4) is 0 Å². The molecule has 0 unspecified atom stereocenters. The van der Waals surface area contributed by atoms with E-state index in [4.69, 9.17) is 11.6 Å². The Balaban J connectivity index is 1.64. The van der Waals surface area contributed by atoms with Gasteiger partial charge in [0.05, 0.1) is 5.02 Å². The lowest BCUT2D eigenvalue weighted by Gasteiger charge is -2.13. The Hall–Kier alpha value is -2.47. The molecule has 0 fully saturated rings. The first kappa shape index (κ1) is 19.3. The highest BCUT2D eigenvalue weighted by atomic mass is 35.5. The Morgan fingerprint density at radius 2 is 2.11 bits per heavy atom. The summed E-state index contributed by atoms with van der Waals surface area (Å²) in [6, 6.07) is 5.87. The third-order valence-corrected chi connectivity index (χ3v) is 4.67. The van der Waals surface area contributed by atoms with E-state index in [-0.39, 0.29) is 22.6 Å². The maximum atomic E-state index is 13.3. The summed E-state index contributed by atoms with van der Waals surface area (Å²) in [5.41, 5.74) is 2.90. The molecule has 0 bridgehead atoms. The summed E-state index contributed by atoms with van der Waals surface area (Å²) in [6.07, 6.45) is 7.89. The maximum Gasteiger partial charge on any atom is 0.270 e. The monoisotopic (exact) mass is 388 g/mol. The molecular formula is C20H22ClFN4O. The Morgan fingerprint density at radius 3 is 2.85 bits per heavy atom. The number of amides is 1. The highest BCUT2D eigenvalue weighted by Crippen LogP contribution is 2.22. The molecule has 0 saturated carbocycles. The number of benzene rings is 1. The van der Waals surface area contributed by atoms with Gasteiger partial charge in [-0.3, -0.25) is 4.79 Å². The quantitative estimate of drug-likeness (QED) is 0.687. The first-order valence-electron chi connectivity index (χ1n) is 9.05. The molecule has 1 aliphatic rings. The molecule has 0 atom stereocenters. The Bertz CT molecular complexity index is 869. The first-order chi connectivity index (χ1) is 13.0. The fraction of sp³-hybridized carbons (Fsp3) is 0.350. The Kier molecular flexibility index (Phi) is 6.40. The highest BCUT2D eigenvalue weighted by Gasteiger charge is 2.12. The second kappa shape index (κ2) is 8.95. The molecule has 142 valence electrons. The van der Waals surface area contributed by atoms with Crippen molar-refractivity contribution in [2.75, 3.05) is 11.9 Å². The van der Waals surface area contributed by atoms with E-state index in [9.17, 15) is 9.18 Å². The summed E-state index contributed by atoms with van der Waals surface area (Å²) < 4.78 is 13.3. The molecule has 0 aliphatic heterocycles. The summed E-state index contributed by atoms with van der Waals surface area (Å²) >= 11 is 5.79. The standard InChI is InChI=1S/C20H22ClFN4O/c1-13-11-18(19(27)23-10-9-14-5-3-2-4-6-14)26-20(24-13)25-15-7-8-17(22)16(21)12-15/h5,7-8,11-12H,2-4,6,9-10H2,1H3,(H,23,27)(H,24,25,26). The van der Waals surface area contributed by atoms with Crippen molar-refractivity contribution in [1.82, 2.24) is 15.3 Å². The van der Waals surface area contributed by atoms with Crippen LogP contribution < -0.4 is 10.6 Å². The molecule has 27 heavy (non-hydrogen) atoms. The topological polar surface area (TPSA) is 66.9 Å². The number of hydrogen-bond donors (Lipinski definition) is 2. The number of carbonyl (C=O) groups excluding carboxylic acids is 1. The number of nitrogens with zero attached hydrogens (tertiary/aromatic N) is 2. The van der Waals surface area contributed by atoms with Crippen LogP contribution in [0.15, 0.2) is 35.9 Å². The number of aromatic nitrogens is 2. The van der Waals surface area contributed by atoms with Crippen molar-refractivity contribution >= 4 is 29.1 Å². The number of hydrogen-bond acceptors (Lipinski definition) is 4. The minimum atomic E-state index is -0.500. The SMILES string of the molecule is Cc1cc(C(=O)NCCC2=CCCCC2)nc(Nc2ccc(F)c(Cl)c2)n1. The van der Waals surface area contributed by atoms with Crippen molar-refractivity contribution < 1.29 is 9.18 Å². The van der Waals surface area contributed by atoms with Crippen LogP contribution in [0.4, 0.5) is 16.0 Å². The van der Waals surface area contributed by atoms with Crippen molar-refractivity contribution in [2.24, 2.45) is 0 Å². The number of carbonyl (C=O) groups is 1. The average molecular weight is 389 g/mol. The van der Waals surface area contributed by atoms with Gasteiger partial charge in [-0.05, 0) is 63.3 Å². The molecule has 7 heteroatoms. The molecule has 1 aromatic heterocycles. The number of aryl methyl sites for hydroxylation is 1. The van der Waals surface area contributed by atoms with Crippen molar-refractivity contribution in [3.05, 3.63) is 58.1 Å². The minimum Gasteiger partial charge on any atom is -0.350 e. The van der Waals surface area contributed by atoms with Gasteiger partial charge in [0, 0.05) is 17.9 Å². The van der Waals surface area contributed by atoms with Gasteiger partial charge >= 0.3 is 0 Å². The molecule has 1 aromatic carbocycles. The molecule has 1 heterocycles. The summed E-state index contributed by atoms with van der Waals surface area (Å²) in [5, 5.41) is 5.87. The van der Waals surface area contributed by atoms with Crippen LogP contribution in [0.1, 0.15) is 48.3 Å². The van der Waals surface area contributed by atoms with E-state index in [1.807, 2.05) is 0 Å². The van der Waals surface area contributed by atoms with Gasteiger partial charge in [-0.25, -0.2) is 14.4 Å². The normalized spacial score (nSPS) is 13.8. The van der Waals surface area contributed by atoms with E-state index in [1.54, 1.807) is 13.0 Å². The zero-order chi connectivity index (χ0) is 19.2. The molecule has 0 saturated heterocycles. The predicted molar refractivity (Wildman–Crippen MR) is 105 cm³/mol. The number of rotatable bonds is 6. The zero-order valence-electron chi connectivity index (χ0n) is 15.2. The van der Waals surface area contributed by atoms with Gasteiger partial charge in [0.2, 0.25) is 5.95 Å². The second-order valence-electron chi connectivity index (χ2n) is 6.59. The molecule has 1 amide bonds. The van der Waals surface area contributed by atoms with Gasteiger partial charge in [-0.15, -0.1) is 0 Å². The summed E-state index contributed by atoms with van der Waals surface area (Å²) in [5.74, 6) is -0.476. The third-order valence-electron chi connectivity index (χ3n) is 4.38. The number of anilines is 2. The minimum absolute atomic E-state index is 0.00244. The molecule has 1 aliphatic carbocycles. The van der Waals surface area contributed by atoms with Crippen molar-refractivity contribution in [3.63, 3.8) is 0 Å². The van der Waals surface area contributed by atoms with Gasteiger partial charge in [0.1, 0.15) is 11.5 Å². The lowest BCUT2D eigenvalue weighted by Crippen LogP contribution is -2.26. The molecule has 0 radical (unpaired) electrons. The second-order valence-corrected chi connectivity index (χ2v) is 6.99. The van der Waals surface area contributed by atoms with E-state index in [0.29, 0.717) is 17.9 Å². The Labute approximate surface area is 163 Å². The smallest absolute Gasteiger partial charge is 0.270 e.